The van der Waals surface area contributed by atoms with E-state index in [2.05, 4.69) is 10.6 Å². The van der Waals surface area contributed by atoms with Gasteiger partial charge in [-0.25, -0.2) is 4.39 Å². The zero-order valence-corrected chi connectivity index (χ0v) is 11.5. The van der Waals surface area contributed by atoms with Crippen molar-refractivity contribution in [3.05, 3.63) is 52.1 Å². The zero-order chi connectivity index (χ0) is 13.6. The smallest absolute Gasteiger partial charge is 0.124 e. The van der Waals surface area contributed by atoms with Gasteiger partial charge in [0, 0.05) is 17.4 Å². The molecule has 4 heteroatoms. The van der Waals surface area contributed by atoms with Gasteiger partial charge in [0.1, 0.15) is 5.82 Å². The quantitative estimate of drug-likeness (QED) is 0.842. The summed E-state index contributed by atoms with van der Waals surface area (Å²) in [7, 11) is 0. The first-order chi connectivity index (χ1) is 9.08. The van der Waals surface area contributed by atoms with Gasteiger partial charge in [-0.3, -0.25) is 0 Å². The largest absolute Gasteiger partial charge is 0.324 e. The highest BCUT2D eigenvalue weighted by atomic mass is 35.5. The van der Waals surface area contributed by atoms with Crippen LogP contribution in [-0.4, -0.2) is 4.57 Å². The molecule has 1 unspecified atom stereocenters. The molecule has 0 fully saturated rings. The number of hydrogen-bond acceptors (Lipinski definition) is 1. The number of hydrogen-bond donors (Lipinski definition) is 1. The molecule has 1 heterocycles. The summed E-state index contributed by atoms with van der Waals surface area (Å²) in [5, 5.41) is 0.431. The number of benzene rings is 1. The minimum atomic E-state index is -0.316. The Morgan fingerprint density at radius 1 is 1.37 bits per heavy atom. The predicted octanol–water partition coefficient (Wildman–Crippen LogP) is 3.91. The van der Waals surface area contributed by atoms with Gasteiger partial charge in [0.15, 0.2) is 0 Å². The highest BCUT2D eigenvalue weighted by Gasteiger charge is 2.23. The zero-order valence-electron chi connectivity index (χ0n) is 10.8. The van der Waals surface area contributed by atoms with Crippen molar-refractivity contribution >= 4 is 11.6 Å². The fourth-order valence-corrected chi connectivity index (χ4v) is 3.19. The lowest BCUT2D eigenvalue weighted by molar-refractivity contribution is 0.559. The number of aryl methyl sites for hydroxylation is 1. The lowest BCUT2D eigenvalue weighted by Gasteiger charge is -2.21. The molecule has 0 aliphatic heterocycles. The number of nitrogens with two attached hydrogens (primary N) is 1. The molecule has 100 valence electrons. The Bertz CT molecular complexity index is 633. The van der Waals surface area contributed by atoms with E-state index < -0.39 is 0 Å². The molecule has 1 aromatic carbocycles. The topological polar surface area (TPSA) is 30.9 Å². The van der Waals surface area contributed by atoms with Gasteiger partial charge >= 0.3 is 0 Å². The van der Waals surface area contributed by atoms with Crippen LogP contribution < -0.4 is 5.73 Å². The number of aromatic nitrogens is 1. The minimum Gasteiger partial charge on any atom is -0.324 e. The van der Waals surface area contributed by atoms with Gasteiger partial charge in [0.25, 0.3) is 0 Å². The Labute approximate surface area is 117 Å². The van der Waals surface area contributed by atoms with E-state index in [1.807, 2.05) is 6.92 Å². The van der Waals surface area contributed by atoms with Crippen LogP contribution in [0.5, 0.6) is 0 Å². The maximum absolute atomic E-state index is 13.2. The molecule has 2 nitrogen and oxygen atoms in total. The molecule has 2 N–H and O–H groups in total. The van der Waals surface area contributed by atoms with Crippen molar-refractivity contribution in [2.75, 3.05) is 0 Å². The number of fused-ring (bicyclic) bond motifs is 1. The van der Waals surface area contributed by atoms with Crippen LogP contribution in [-0.2, 0) is 6.42 Å². The van der Waals surface area contributed by atoms with Crippen LogP contribution >= 0.6 is 11.6 Å². The second kappa shape index (κ2) is 4.66. The van der Waals surface area contributed by atoms with E-state index in [-0.39, 0.29) is 11.9 Å². The van der Waals surface area contributed by atoms with Crippen LogP contribution in [0.15, 0.2) is 24.3 Å². The summed E-state index contributed by atoms with van der Waals surface area (Å²) in [6, 6.07) is 6.74. The van der Waals surface area contributed by atoms with Crippen molar-refractivity contribution in [2.45, 2.75) is 32.2 Å². The van der Waals surface area contributed by atoms with Crippen molar-refractivity contribution in [1.29, 1.82) is 0 Å². The van der Waals surface area contributed by atoms with E-state index in [0.29, 0.717) is 5.02 Å². The average molecular weight is 279 g/mol. The normalized spacial score (nSPS) is 18.4. The molecule has 0 saturated carbocycles. The molecule has 0 radical (unpaired) electrons. The monoisotopic (exact) mass is 278 g/mol. The Morgan fingerprint density at radius 3 is 2.89 bits per heavy atom. The van der Waals surface area contributed by atoms with Crippen molar-refractivity contribution in [3.63, 3.8) is 0 Å². The summed E-state index contributed by atoms with van der Waals surface area (Å²) in [6.45, 7) is 2.03. The van der Waals surface area contributed by atoms with Crippen molar-refractivity contribution in [2.24, 2.45) is 5.73 Å². The summed E-state index contributed by atoms with van der Waals surface area (Å²) in [5.41, 5.74) is 10.5. The molecule has 0 amide bonds. The lowest BCUT2D eigenvalue weighted by Crippen LogP contribution is -2.18. The molecule has 0 bridgehead atoms. The van der Waals surface area contributed by atoms with Gasteiger partial charge < -0.3 is 10.3 Å². The number of halogens is 2. The molecule has 1 aromatic heterocycles. The second-order valence-corrected chi connectivity index (χ2v) is 5.52. The van der Waals surface area contributed by atoms with E-state index in [1.165, 1.54) is 23.4 Å². The van der Waals surface area contributed by atoms with E-state index in [0.717, 1.165) is 30.6 Å². The molecule has 3 rings (SSSR count). The first-order valence-electron chi connectivity index (χ1n) is 6.50. The van der Waals surface area contributed by atoms with Gasteiger partial charge in [0.2, 0.25) is 0 Å². The molecule has 1 atom stereocenters. The van der Waals surface area contributed by atoms with Crippen molar-refractivity contribution < 1.29 is 4.39 Å². The Morgan fingerprint density at radius 2 is 2.16 bits per heavy atom. The average Bonchev–Trinajstić information content (AvgIpc) is 2.68. The summed E-state index contributed by atoms with van der Waals surface area (Å²) < 4.78 is 15.3. The molecular weight excluding hydrogens is 263 g/mol. The van der Waals surface area contributed by atoms with Gasteiger partial charge in [-0.15, -0.1) is 0 Å². The first kappa shape index (κ1) is 12.7. The Kier molecular flexibility index (Phi) is 3.11. The van der Waals surface area contributed by atoms with Crippen molar-refractivity contribution in [1.82, 2.24) is 4.57 Å². The highest BCUT2D eigenvalue weighted by Crippen LogP contribution is 2.34. The van der Waals surface area contributed by atoms with E-state index in [4.69, 9.17) is 17.3 Å². The standard InChI is InChI=1S/C15H16ClFN2/c1-9-7-11-13(18)3-2-4-14(11)19(9)15-6-5-10(17)8-12(15)16/h5-8,13H,2-4,18H2,1H3. The molecule has 2 aromatic rings. The summed E-state index contributed by atoms with van der Waals surface area (Å²) in [5.74, 6) is -0.316. The van der Waals surface area contributed by atoms with Gasteiger partial charge in [-0.05, 0) is 56.0 Å². The minimum absolute atomic E-state index is 0.0999. The fraction of sp³-hybridized carbons (Fsp3) is 0.333. The molecule has 19 heavy (non-hydrogen) atoms. The van der Waals surface area contributed by atoms with Crippen LogP contribution in [0.2, 0.25) is 5.02 Å². The molecule has 1 aliphatic rings. The van der Waals surface area contributed by atoms with Gasteiger partial charge in [-0.2, -0.15) is 0 Å². The Hall–Kier alpha value is -1.32. The van der Waals surface area contributed by atoms with Gasteiger partial charge in [0.05, 0.1) is 10.7 Å². The molecule has 1 aliphatic carbocycles. The fourth-order valence-electron chi connectivity index (χ4n) is 2.93. The van der Waals surface area contributed by atoms with Gasteiger partial charge in [-0.1, -0.05) is 11.6 Å². The third-order valence-corrected chi connectivity index (χ3v) is 4.10. The maximum Gasteiger partial charge on any atom is 0.124 e. The number of rotatable bonds is 1. The predicted molar refractivity (Wildman–Crippen MR) is 75.3 cm³/mol. The summed E-state index contributed by atoms with van der Waals surface area (Å²) in [4.78, 5) is 0. The molecular formula is C15H16ClFN2. The van der Waals surface area contributed by atoms with E-state index in [9.17, 15) is 4.39 Å². The SMILES string of the molecule is Cc1cc2c(n1-c1ccc(F)cc1Cl)CCCC2N. The van der Waals surface area contributed by atoms with E-state index >= 15 is 0 Å². The summed E-state index contributed by atoms with van der Waals surface area (Å²) in [6.07, 6.45) is 3.09. The maximum atomic E-state index is 13.2. The lowest BCUT2D eigenvalue weighted by atomic mass is 9.93. The third kappa shape index (κ3) is 2.07. The van der Waals surface area contributed by atoms with Crippen LogP contribution in [0.25, 0.3) is 5.69 Å². The van der Waals surface area contributed by atoms with Crippen LogP contribution in [0.3, 0.4) is 0 Å². The highest BCUT2D eigenvalue weighted by molar-refractivity contribution is 6.32. The van der Waals surface area contributed by atoms with Crippen molar-refractivity contribution in [3.8, 4) is 5.69 Å². The van der Waals surface area contributed by atoms with Crippen LogP contribution in [0, 0.1) is 12.7 Å². The Balaban J connectivity index is 2.20. The third-order valence-electron chi connectivity index (χ3n) is 3.80. The van der Waals surface area contributed by atoms with Crippen LogP contribution in [0.1, 0.15) is 35.8 Å². The molecule has 0 spiro atoms. The first-order valence-corrected chi connectivity index (χ1v) is 6.88. The van der Waals surface area contributed by atoms with Crippen LogP contribution in [0.4, 0.5) is 4.39 Å². The molecule has 0 saturated heterocycles. The second-order valence-electron chi connectivity index (χ2n) is 5.12. The number of nitrogens with zero attached hydrogens (tertiary/aromatic N) is 1. The van der Waals surface area contributed by atoms with E-state index in [1.54, 1.807) is 6.07 Å². The summed E-state index contributed by atoms with van der Waals surface area (Å²) >= 11 is 6.18.